The number of piperazine rings is 1. The fourth-order valence-corrected chi connectivity index (χ4v) is 1.43. The van der Waals surface area contributed by atoms with Crippen LogP contribution < -0.4 is 5.32 Å². The summed E-state index contributed by atoms with van der Waals surface area (Å²) in [4.78, 5) is 11.9. The summed E-state index contributed by atoms with van der Waals surface area (Å²) in [5.41, 5.74) is 0. The first-order chi connectivity index (χ1) is 6.87. The number of carbonyl (C=O) groups is 1. The summed E-state index contributed by atoms with van der Waals surface area (Å²) < 4.78 is 49.3. The molecule has 1 N–H and O–H groups in total. The van der Waals surface area contributed by atoms with Crippen LogP contribution >= 0.6 is 0 Å². The minimum atomic E-state index is -4.58. The van der Waals surface area contributed by atoms with Crippen molar-refractivity contribution >= 4 is 5.91 Å². The molecule has 0 saturated carbocycles. The molecule has 1 rings (SSSR count). The molecule has 88 valence electrons. The number of hydrogen-bond donors (Lipinski definition) is 1. The normalized spacial score (nSPS) is 23.3. The van der Waals surface area contributed by atoms with Gasteiger partial charge in [-0.05, 0) is 6.92 Å². The van der Waals surface area contributed by atoms with Crippen LogP contribution in [-0.2, 0) is 4.79 Å². The third-order valence-electron chi connectivity index (χ3n) is 2.32. The van der Waals surface area contributed by atoms with Gasteiger partial charge in [0.25, 0.3) is 5.91 Å². The molecule has 7 heteroatoms. The van der Waals surface area contributed by atoms with Crippen LogP contribution in [0.2, 0.25) is 0 Å². The van der Waals surface area contributed by atoms with E-state index in [4.69, 9.17) is 0 Å². The molecule has 1 atom stereocenters. The van der Waals surface area contributed by atoms with Crippen molar-refractivity contribution in [2.45, 2.75) is 25.3 Å². The minimum absolute atomic E-state index is 0.0301. The number of amides is 1. The molecular formula is C8H12F4N2O. The summed E-state index contributed by atoms with van der Waals surface area (Å²) in [5.74, 6) is -6.36. The highest BCUT2D eigenvalue weighted by Crippen LogP contribution is 2.26. The van der Waals surface area contributed by atoms with Crippen LogP contribution in [0.1, 0.15) is 6.92 Å². The maximum atomic E-state index is 12.7. The summed E-state index contributed by atoms with van der Waals surface area (Å²) in [6, 6.07) is -0.490. The molecule has 0 bridgehead atoms. The maximum absolute atomic E-state index is 12.7. The largest absolute Gasteiger partial charge is 0.383 e. The third-order valence-corrected chi connectivity index (χ3v) is 2.32. The summed E-state index contributed by atoms with van der Waals surface area (Å²) in [5, 5.41) is 2.87. The quantitative estimate of drug-likeness (QED) is 0.706. The van der Waals surface area contributed by atoms with Crippen molar-refractivity contribution in [3.05, 3.63) is 0 Å². The predicted molar refractivity (Wildman–Crippen MR) is 45.0 cm³/mol. The molecule has 0 radical (unpaired) electrons. The Labute approximate surface area is 84.4 Å². The van der Waals surface area contributed by atoms with Crippen molar-refractivity contribution in [3.63, 3.8) is 0 Å². The second-order valence-corrected chi connectivity index (χ2v) is 3.48. The zero-order chi connectivity index (χ0) is 11.6. The van der Waals surface area contributed by atoms with Crippen molar-refractivity contribution in [1.29, 1.82) is 0 Å². The van der Waals surface area contributed by atoms with Crippen molar-refractivity contribution in [1.82, 2.24) is 10.2 Å². The van der Waals surface area contributed by atoms with Gasteiger partial charge in [-0.15, -0.1) is 0 Å². The van der Waals surface area contributed by atoms with E-state index in [0.29, 0.717) is 13.1 Å². The van der Waals surface area contributed by atoms with Gasteiger partial charge >= 0.3 is 12.3 Å². The fraction of sp³-hybridized carbons (Fsp3) is 0.875. The molecule has 1 fully saturated rings. The van der Waals surface area contributed by atoms with E-state index in [-0.39, 0.29) is 6.54 Å². The van der Waals surface area contributed by atoms with E-state index in [1.165, 1.54) is 6.92 Å². The smallest absolute Gasteiger partial charge is 0.332 e. The summed E-state index contributed by atoms with van der Waals surface area (Å²) in [7, 11) is 0. The van der Waals surface area contributed by atoms with Crippen LogP contribution in [0.3, 0.4) is 0 Å². The molecule has 1 aliphatic rings. The number of nitrogens with zero attached hydrogens (tertiary/aromatic N) is 1. The Hall–Kier alpha value is -0.850. The van der Waals surface area contributed by atoms with Gasteiger partial charge in [0.15, 0.2) is 0 Å². The zero-order valence-corrected chi connectivity index (χ0v) is 8.14. The highest BCUT2D eigenvalue weighted by Gasteiger charge is 2.52. The molecule has 0 aromatic heterocycles. The molecule has 15 heavy (non-hydrogen) atoms. The van der Waals surface area contributed by atoms with Crippen molar-refractivity contribution < 1.29 is 22.4 Å². The lowest BCUT2D eigenvalue weighted by Crippen LogP contribution is -2.58. The first-order valence-corrected chi connectivity index (χ1v) is 4.55. The van der Waals surface area contributed by atoms with Gasteiger partial charge in [-0.1, -0.05) is 0 Å². The van der Waals surface area contributed by atoms with E-state index in [1.54, 1.807) is 0 Å². The Bertz CT molecular complexity index is 247. The number of alkyl halides is 4. The number of carbonyl (C=O) groups excluding carboxylic acids is 1. The van der Waals surface area contributed by atoms with Gasteiger partial charge < -0.3 is 10.2 Å². The predicted octanol–water partition coefficient (Wildman–Crippen LogP) is 0.707. The van der Waals surface area contributed by atoms with Crippen molar-refractivity contribution in [2.75, 3.05) is 19.6 Å². The Morgan fingerprint density at radius 3 is 2.60 bits per heavy atom. The lowest BCUT2D eigenvalue weighted by atomic mass is 10.2. The summed E-state index contributed by atoms with van der Waals surface area (Å²) in [6.07, 6.45) is -3.95. The van der Waals surface area contributed by atoms with Gasteiger partial charge in [-0.2, -0.15) is 8.78 Å². The van der Waals surface area contributed by atoms with E-state index < -0.39 is 24.3 Å². The molecule has 1 amide bonds. The molecule has 1 saturated heterocycles. The standard InChI is InChI=1S/C8H12F4N2O/c1-5-4-13-2-3-14(5)7(15)8(11,12)6(9)10/h5-6,13H,2-4H2,1H3/t5-/m0/s1. The van der Waals surface area contributed by atoms with Gasteiger partial charge in [-0.3, -0.25) is 4.79 Å². The second-order valence-electron chi connectivity index (χ2n) is 3.48. The minimum Gasteiger partial charge on any atom is -0.332 e. The molecule has 3 nitrogen and oxygen atoms in total. The molecular weight excluding hydrogens is 216 g/mol. The van der Waals surface area contributed by atoms with Gasteiger partial charge in [0, 0.05) is 25.7 Å². The highest BCUT2D eigenvalue weighted by atomic mass is 19.3. The van der Waals surface area contributed by atoms with E-state index in [1.807, 2.05) is 0 Å². The molecule has 0 aliphatic carbocycles. The van der Waals surface area contributed by atoms with E-state index >= 15 is 0 Å². The Balaban J connectivity index is 2.74. The first-order valence-electron chi connectivity index (χ1n) is 4.55. The van der Waals surface area contributed by atoms with E-state index in [0.717, 1.165) is 4.90 Å². The zero-order valence-electron chi connectivity index (χ0n) is 8.14. The van der Waals surface area contributed by atoms with Gasteiger partial charge in [0.2, 0.25) is 0 Å². The van der Waals surface area contributed by atoms with E-state index in [9.17, 15) is 22.4 Å². The summed E-state index contributed by atoms with van der Waals surface area (Å²) in [6.45, 7) is 2.24. The number of rotatable bonds is 2. The molecule has 0 aromatic rings. The SMILES string of the molecule is C[C@H]1CNCCN1C(=O)C(F)(F)C(F)F. The second kappa shape index (κ2) is 4.34. The number of nitrogens with one attached hydrogen (secondary N) is 1. The van der Waals surface area contributed by atoms with Gasteiger partial charge in [0.1, 0.15) is 0 Å². The molecule has 0 spiro atoms. The molecule has 1 heterocycles. The van der Waals surface area contributed by atoms with Crippen LogP contribution in [0.5, 0.6) is 0 Å². The van der Waals surface area contributed by atoms with Gasteiger partial charge in [-0.25, -0.2) is 8.78 Å². The monoisotopic (exact) mass is 228 g/mol. The van der Waals surface area contributed by atoms with Crippen LogP contribution in [-0.4, -0.2) is 48.8 Å². The third kappa shape index (κ3) is 2.39. The average molecular weight is 228 g/mol. The molecule has 1 aliphatic heterocycles. The van der Waals surface area contributed by atoms with Crippen LogP contribution in [0, 0.1) is 0 Å². The Morgan fingerprint density at radius 1 is 1.53 bits per heavy atom. The van der Waals surface area contributed by atoms with Crippen LogP contribution in [0.25, 0.3) is 0 Å². The van der Waals surface area contributed by atoms with Crippen molar-refractivity contribution in [3.8, 4) is 0 Å². The lowest BCUT2D eigenvalue weighted by molar-refractivity contribution is -0.183. The maximum Gasteiger partial charge on any atom is 0.383 e. The van der Waals surface area contributed by atoms with Crippen LogP contribution in [0.15, 0.2) is 0 Å². The lowest BCUT2D eigenvalue weighted by Gasteiger charge is -2.35. The average Bonchev–Trinajstić information content (AvgIpc) is 2.17. The topological polar surface area (TPSA) is 32.3 Å². The number of hydrogen-bond acceptors (Lipinski definition) is 2. The van der Waals surface area contributed by atoms with Crippen molar-refractivity contribution in [2.24, 2.45) is 0 Å². The summed E-state index contributed by atoms with van der Waals surface area (Å²) >= 11 is 0. The Morgan fingerprint density at radius 2 is 2.13 bits per heavy atom. The highest BCUT2D eigenvalue weighted by molar-refractivity contribution is 5.84. The fourth-order valence-electron chi connectivity index (χ4n) is 1.43. The van der Waals surface area contributed by atoms with E-state index in [2.05, 4.69) is 5.32 Å². The first kappa shape index (κ1) is 12.2. The molecule has 0 unspecified atom stereocenters. The Kier molecular flexibility index (Phi) is 3.54. The van der Waals surface area contributed by atoms with Crippen LogP contribution in [0.4, 0.5) is 17.6 Å². The molecule has 0 aromatic carbocycles. The number of halogens is 4. The van der Waals surface area contributed by atoms with Gasteiger partial charge in [0.05, 0.1) is 0 Å².